The number of nitrogens with one attached hydrogen (secondary N) is 1. The number of fused-ring (bicyclic) bond motifs is 1. The highest BCUT2D eigenvalue weighted by molar-refractivity contribution is 7.89. The fourth-order valence-electron chi connectivity index (χ4n) is 3.86. The fraction of sp³-hybridized carbons (Fsp3) is 0.667. The lowest BCUT2D eigenvalue weighted by molar-refractivity contribution is 0.143. The number of nitrogens with two attached hydrogens (primary N) is 1. The van der Waals surface area contributed by atoms with Crippen LogP contribution in [0.2, 0.25) is 0 Å². The van der Waals surface area contributed by atoms with Crippen molar-refractivity contribution in [2.75, 3.05) is 13.6 Å². The SMILES string of the molecule is CNS(=O)(=O)c1ccc2c(c1)[C@](C)(CCN)C(C)(C)CCCC2. The van der Waals surface area contributed by atoms with Crippen LogP contribution in [0.3, 0.4) is 0 Å². The van der Waals surface area contributed by atoms with E-state index in [1.807, 2.05) is 12.1 Å². The topological polar surface area (TPSA) is 72.2 Å². The molecule has 130 valence electrons. The van der Waals surface area contributed by atoms with Crippen molar-refractivity contribution in [3.63, 3.8) is 0 Å². The highest BCUT2D eigenvalue weighted by Gasteiger charge is 2.43. The second-order valence-corrected chi connectivity index (χ2v) is 9.37. The first-order valence-corrected chi connectivity index (χ1v) is 9.93. The fourth-order valence-corrected chi connectivity index (χ4v) is 4.61. The maximum atomic E-state index is 12.2. The molecule has 0 amide bonds. The van der Waals surface area contributed by atoms with Gasteiger partial charge in [-0.25, -0.2) is 13.1 Å². The molecule has 2 rings (SSSR count). The minimum atomic E-state index is -3.44. The summed E-state index contributed by atoms with van der Waals surface area (Å²) in [7, 11) is -1.98. The molecule has 0 bridgehead atoms. The highest BCUT2D eigenvalue weighted by atomic mass is 32.2. The van der Waals surface area contributed by atoms with Crippen LogP contribution in [0.4, 0.5) is 0 Å². The summed E-state index contributed by atoms with van der Waals surface area (Å²) in [5, 5.41) is 0. The minimum absolute atomic E-state index is 0.0730. The van der Waals surface area contributed by atoms with Crippen molar-refractivity contribution in [3.05, 3.63) is 29.3 Å². The van der Waals surface area contributed by atoms with Gasteiger partial charge in [0.25, 0.3) is 0 Å². The van der Waals surface area contributed by atoms with Gasteiger partial charge in [0, 0.05) is 0 Å². The van der Waals surface area contributed by atoms with Gasteiger partial charge < -0.3 is 5.73 Å². The molecular weight excluding hydrogens is 308 g/mol. The van der Waals surface area contributed by atoms with E-state index in [0.29, 0.717) is 11.4 Å². The van der Waals surface area contributed by atoms with Gasteiger partial charge in [-0.3, -0.25) is 0 Å². The third-order valence-corrected chi connectivity index (χ3v) is 7.30. The summed E-state index contributed by atoms with van der Waals surface area (Å²) < 4.78 is 26.9. The van der Waals surface area contributed by atoms with Crippen LogP contribution in [-0.4, -0.2) is 22.0 Å². The van der Waals surface area contributed by atoms with E-state index in [1.165, 1.54) is 19.0 Å². The van der Waals surface area contributed by atoms with Gasteiger partial charge in [-0.15, -0.1) is 0 Å². The van der Waals surface area contributed by atoms with Gasteiger partial charge in [-0.05, 0) is 73.4 Å². The molecule has 0 fully saturated rings. The van der Waals surface area contributed by atoms with E-state index in [9.17, 15) is 8.42 Å². The Balaban J connectivity index is 2.70. The number of hydrogen-bond donors (Lipinski definition) is 2. The van der Waals surface area contributed by atoms with E-state index >= 15 is 0 Å². The van der Waals surface area contributed by atoms with Crippen LogP contribution in [0.25, 0.3) is 0 Å². The predicted octanol–water partition coefficient (Wildman–Crippen LogP) is 2.95. The Morgan fingerprint density at radius 1 is 1.22 bits per heavy atom. The van der Waals surface area contributed by atoms with Gasteiger partial charge in [0.05, 0.1) is 4.90 Å². The van der Waals surface area contributed by atoms with E-state index < -0.39 is 10.0 Å². The minimum Gasteiger partial charge on any atom is -0.330 e. The molecule has 1 atom stereocenters. The van der Waals surface area contributed by atoms with Gasteiger partial charge >= 0.3 is 0 Å². The van der Waals surface area contributed by atoms with Crippen molar-refractivity contribution in [2.45, 2.75) is 63.2 Å². The number of benzene rings is 1. The summed E-state index contributed by atoms with van der Waals surface area (Å²) in [4.78, 5) is 0.346. The summed E-state index contributed by atoms with van der Waals surface area (Å²) in [5.41, 5.74) is 8.30. The van der Waals surface area contributed by atoms with Gasteiger partial charge in [-0.1, -0.05) is 33.3 Å². The molecule has 23 heavy (non-hydrogen) atoms. The molecule has 0 saturated heterocycles. The molecule has 0 saturated carbocycles. The predicted molar refractivity (Wildman–Crippen MR) is 95.0 cm³/mol. The lowest BCUT2D eigenvalue weighted by Gasteiger charge is -2.47. The molecule has 1 aliphatic carbocycles. The molecule has 4 nitrogen and oxygen atoms in total. The van der Waals surface area contributed by atoms with Gasteiger partial charge in [0.1, 0.15) is 0 Å². The molecule has 0 unspecified atom stereocenters. The lowest BCUT2D eigenvalue weighted by Crippen LogP contribution is -2.42. The van der Waals surface area contributed by atoms with Crippen molar-refractivity contribution in [3.8, 4) is 0 Å². The molecule has 0 heterocycles. The first-order chi connectivity index (χ1) is 10.7. The van der Waals surface area contributed by atoms with Crippen LogP contribution in [0.1, 0.15) is 57.6 Å². The molecule has 0 aliphatic heterocycles. The smallest absolute Gasteiger partial charge is 0.240 e. The Hall–Kier alpha value is -0.910. The Morgan fingerprint density at radius 3 is 2.52 bits per heavy atom. The Kier molecular flexibility index (Phi) is 5.24. The molecular formula is C18H30N2O2S. The van der Waals surface area contributed by atoms with Crippen LogP contribution < -0.4 is 10.5 Å². The first-order valence-electron chi connectivity index (χ1n) is 8.45. The quantitative estimate of drug-likeness (QED) is 0.886. The largest absolute Gasteiger partial charge is 0.330 e. The number of sulfonamides is 1. The second-order valence-electron chi connectivity index (χ2n) is 7.49. The zero-order valence-electron chi connectivity index (χ0n) is 14.8. The molecule has 1 aromatic carbocycles. The van der Waals surface area contributed by atoms with E-state index in [0.717, 1.165) is 31.2 Å². The third kappa shape index (κ3) is 3.32. The van der Waals surface area contributed by atoms with Crippen molar-refractivity contribution < 1.29 is 8.42 Å². The zero-order valence-corrected chi connectivity index (χ0v) is 15.6. The van der Waals surface area contributed by atoms with Crippen LogP contribution in [0.5, 0.6) is 0 Å². The van der Waals surface area contributed by atoms with Crippen molar-refractivity contribution in [1.82, 2.24) is 4.72 Å². The Morgan fingerprint density at radius 2 is 1.91 bits per heavy atom. The van der Waals surface area contributed by atoms with Crippen molar-refractivity contribution >= 4 is 10.0 Å². The van der Waals surface area contributed by atoms with Crippen LogP contribution in [-0.2, 0) is 21.9 Å². The highest BCUT2D eigenvalue weighted by Crippen LogP contribution is 2.50. The standard InChI is InChI=1S/C18H30N2O2S/c1-17(2)10-6-5-7-14-8-9-15(23(21,22)20-4)13-16(14)18(17,3)11-12-19/h8-9,13,20H,5-7,10-12,19H2,1-4H3/t18-/m0/s1. The maximum absolute atomic E-state index is 12.2. The zero-order chi connectivity index (χ0) is 17.3. The monoisotopic (exact) mass is 338 g/mol. The van der Waals surface area contributed by atoms with E-state index in [-0.39, 0.29) is 10.8 Å². The number of rotatable bonds is 4. The summed E-state index contributed by atoms with van der Waals surface area (Å²) in [6.07, 6.45) is 5.34. The number of aryl methyl sites for hydroxylation is 1. The van der Waals surface area contributed by atoms with Gasteiger partial charge in [-0.2, -0.15) is 0 Å². The molecule has 0 aromatic heterocycles. The van der Waals surface area contributed by atoms with Crippen LogP contribution >= 0.6 is 0 Å². The van der Waals surface area contributed by atoms with E-state index in [1.54, 1.807) is 6.07 Å². The summed E-state index contributed by atoms with van der Waals surface area (Å²) >= 11 is 0. The molecule has 5 heteroatoms. The number of hydrogen-bond acceptors (Lipinski definition) is 3. The van der Waals surface area contributed by atoms with Crippen LogP contribution in [0, 0.1) is 5.41 Å². The molecule has 0 spiro atoms. The average Bonchev–Trinajstić information content (AvgIpc) is 2.50. The average molecular weight is 339 g/mol. The first kappa shape index (κ1) is 18.4. The van der Waals surface area contributed by atoms with Crippen molar-refractivity contribution in [2.24, 2.45) is 11.1 Å². The van der Waals surface area contributed by atoms with Crippen LogP contribution in [0.15, 0.2) is 23.1 Å². The summed E-state index contributed by atoms with van der Waals surface area (Å²) in [6.45, 7) is 7.43. The Labute approximate surface area is 140 Å². The third-order valence-electron chi connectivity index (χ3n) is 5.89. The van der Waals surface area contributed by atoms with Crippen molar-refractivity contribution in [1.29, 1.82) is 0 Å². The van der Waals surface area contributed by atoms with E-state index in [2.05, 4.69) is 25.5 Å². The normalized spacial score (nSPS) is 24.6. The molecule has 3 N–H and O–H groups in total. The molecule has 1 aromatic rings. The summed E-state index contributed by atoms with van der Waals surface area (Å²) in [5.74, 6) is 0. The van der Waals surface area contributed by atoms with Gasteiger partial charge in [0.2, 0.25) is 10.0 Å². The second kappa shape index (κ2) is 6.54. The molecule has 1 aliphatic rings. The Bertz CT molecular complexity index is 668. The molecule has 0 radical (unpaired) electrons. The van der Waals surface area contributed by atoms with E-state index in [4.69, 9.17) is 5.73 Å². The van der Waals surface area contributed by atoms with Gasteiger partial charge in [0.15, 0.2) is 0 Å². The lowest BCUT2D eigenvalue weighted by atomic mass is 9.57. The summed E-state index contributed by atoms with van der Waals surface area (Å²) in [6, 6.07) is 5.60. The maximum Gasteiger partial charge on any atom is 0.240 e.